The number of carbonyl (C=O) groups excluding carboxylic acids is 1. The number of nitrogens with one attached hydrogen (secondary N) is 2. The van der Waals surface area contributed by atoms with Crippen molar-refractivity contribution in [3.63, 3.8) is 0 Å². The average molecular weight is 350 g/mol. The van der Waals surface area contributed by atoms with E-state index in [1.807, 2.05) is 0 Å². The summed E-state index contributed by atoms with van der Waals surface area (Å²) in [4.78, 5) is 30.8. The highest BCUT2D eigenvalue weighted by Gasteiger charge is 2.12. The Bertz CT molecular complexity index is 930. The van der Waals surface area contributed by atoms with Crippen LogP contribution < -0.4 is 10.9 Å². The Labute approximate surface area is 139 Å². The number of fused-ring (bicyclic) bond motifs is 1. The van der Waals surface area contributed by atoms with Crippen LogP contribution in [0.15, 0.2) is 26.7 Å². The smallest absolute Gasteiger partial charge is 0.262 e. The molecule has 1 amide bonds. The molecule has 3 rings (SSSR count). The summed E-state index contributed by atoms with van der Waals surface area (Å²) in [6, 6.07) is 1.60. The van der Waals surface area contributed by atoms with Crippen LogP contribution in [0.4, 0.5) is 5.82 Å². The highest BCUT2D eigenvalue weighted by molar-refractivity contribution is 7.99. The number of aromatic nitrogens is 5. The number of rotatable bonds is 6. The van der Waals surface area contributed by atoms with E-state index in [9.17, 15) is 9.59 Å². The molecule has 0 radical (unpaired) electrons. The highest BCUT2D eigenvalue weighted by atomic mass is 32.2. The van der Waals surface area contributed by atoms with Gasteiger partial charge in [0.2, 0.25) is 5.91 Å². The van der Waals surface area contributed by atoms with Gasteiger partial charge < -0.3 is 19.9 Å². The lowest BCUT2D eigenvalue weighted by Crippen LogP contribution is -2.16. The number of aryl methyl sites for hydroxylation is 1. The number of nitrogens with zero attached hydrogens (tertiary/aromatic N) is 4. The molecule has 10 nitrogen and oxygen atoms in total. The first-order valence-corrected chi connectivity index (χ1v) is 7.98. The van der Waals surface area contributed by atoms with E-state index in [1.54, 1.807) is 13.0 Å². The number of aromatic amines is 1. The second-order valence-electron chi connectivity index (χ2n) is 4.86. The molecule has 3 aromatic rings. The normalized spacial score (nSPS) is 11.1. The second-order valence-corrected chi connectivity index (χ2v) is 5.82. The van der Waals surface area contributed by atoms with Gasteiger partial charge in [-0.2, -0.15) is 5.10 Å². The highest BCUT2D eigenvalue weighted by Crippen LogP contribution is 2.15. The molecule has 0 atom stereocenters. The average Bonchev–Trinajstić information content (AvgIpc) is 3.13. The van der Waals surface area contributed by atoms with Crippen molar-refractivity contribution in [1.82, 2.24) is 24.9 Å². The molecule has 126 valence electrons. The maximum Gasteiger partial charge on any atom is 0.262 e. The van der Waals surface area contributed by atoms with E-state index in [1.165, 1.54) is 10.9 Å². The molecule has 0 bridgehead atoms. The molecule has 11 heteroatoms. The Kier molecular flexibility index (Phi) is 4.62. The van der Waals surface area contributed by atoms with Crippen LogP contribution in [0.25, 0.3) is 11.0 Å². The zero-order chi connectivity index (χ0) is 17.1. The van der Waals surface area contributed by atoms with Gasteiger partial charge in [-0.3, -0.25) is 9.59 Å². The van der Waals surface area contributed by atoms with Crippen LogP contribution >= 0.6 is 11.8 Å². The summed E-state index contributed by atoms with van der Waals surface area (Å²) in [5.74, 6) is 0.650. The van der Waals surface area contributed by atoms with E-state index < -0.39 is 0 Å². The van der Waals surface area contributed by atoms with E-state index in [2.05, 4.69) is 25.5 Å². The third-order valence-electron chi connectivity index (χ3n) is 3.03. The van der Waals surface area contributed by atoms with Crippen LogP contribution in [-0.2, 0) is 11.3 Å². The minimum Gasteiger partial charge on any atom is -0.394 e. The van der Waals surface area contributed by atoms with Gasteiger partial charge in [-0.15, -0.1) is 0 Å². The summed E-state index contributed by atoms with van der Waals surface area (Å²) in [6.45, 7) is 1.83. The van der Waals surface area contributed by atoms with E-state index in [-0.39, 0.29) is 30.4 Å². The number of anilines is 1. The molecule has 3 aromatic heterocycles. The van der Waals surface area contributed by atoms with Gasteiger partial charge in [-0.25, -0.2) is 9.67 Å². The van der Waals surface area contributed by atoms with Gasteiger partial charge in [0.15, 0.2) is 16.6 Å². The van der Waals surface area contributed by atoms with Crippen molar-refractivity contribution in [3.05, 3.63) is 28.4 Å². The third kappa shape index (κ3) is 3.46. The van der Waals surface area contributed by atoms with Crippen molar-refractivity contribution in [2.45, 2.75) is 18.6 Å². The van der Waals surface area contributed by atoms with E-state index >= 15 is 0 Å². The van der Waals surface area contributed by atoms with Gasteiger partial charge in [0.25, 0.3) is 5.56 Å². The predicted octanol–water partition coefficient (Wildman–Crippen LogP) is 0.139. The molecule has 0 saturated heterocycles. The minimum atomic E-state index is -0.348. The molecule has 0 aliphatic rings. The number of hydrogen-bond acceptors (Lipinski definition) is 8. The lowest BCUT2D eigenvalue weighted by molar-refractivity contribution is -0.113. The molecular formula is C13H14N6O4S. The molecule has 0 aliphatic carbocycles. The minimum absolute atomic E-state index is 0.0362. The second kappa shape index (κ2) is 6.84. The van der Waals surface area contributed by atoms with E-state index in [0.29, 0.717) is 27.8 Å². The molecule has 0 aliphatic heterocycles. The Balaban J connectivity index is 1.71. The first-order chi connectivity index (χ1) is 11.6. The summed E-state index contributed by atoms with van der Waals surface area (Å²) in [7, 11) is 0. The zero-order valence-electron chi connectivity index (χ0n) is 12.6. The van der Waals surface area contributed by atoms with Crippen molar-refractivity contribution in [2.75, 3.05) is 17.7 Å². The fourth-order valence-electron chi connectivity index (χ4n) is 2.01. The number of aliphatic hydroxyl groups excluding tert-OH is 1. The van der Waals surface area contributed by atoms with Crippen molar-refractivity contribution in [3.8, 4) is 0 Å². The molecular weight excluding hydrogens is 336 g/mol. The number of amides is 1. The first-order valence-electron chi connectivity index (χ1n) is 6.99. The topological polar surface area (TPSA) is 139 Å². The van der Waals surface area contributed by atoms with Crippen LogP contribution in [-0.4, -0.2) is 48.3 Å². The van der Waals surface area contributed by atoms with Crippen LogP contribution in [0, 0.1) is 6.92 Å². The maximum atomic E-state index is 12.0. The fourth-order valence-corrected chi connectivity index (χ4v) is 2.67. The van der Waals surface area contributed by atoms with Gasteiger partial charge in [0.05, 0.1) is 25.1 Å². The van der Waals surface area contributed by atoms with Crippen molar-refractivity contribution in [1.29, 1.82) is 0 Å². The summed E-state index contributed by atoms with van der Waals surface area (Å²) in [5, 5.41) is 19.9. The Hall–Kier alpha value is -2.66. The summed E-state index contributed by atoms with van der Waals surface area (Å²) >= 11 is 1.07. The largest absolute Gasteiger partial charge is 0.394 e. The fraction of sp³-hybridized carbons (Fsp3) is 0.308. The number of hydrogen-bond donors (Lipinski definition) is 3. The third-order valence-corrected chi connectivity index (χ3v) is 3.90. The molecule has 24 heavy (non-hydrogen) atoms. The number of H-pyrrole nitrogens is 1. The van der Waals surface area contributed by atoms with Crippen molar-refractivity contribution >= 4 is 34.5 Å². The van der Waals surface area contributed by atoms with Gasteiger partial charge in [-0.1, -0.05) is 16.9 Å². The molecule has 3 heterocycles. The summed E-state index contributed by atoms with van der Waals surface area (Å²) in [6.07, 6.45) is 1.39. The van der Waals surface area contributed by atoms with E-state index in [0.717, 1.165) is 11.8 Å². The molecule has 3 N–H and O–H groups in total. The molecule has 0 unspecified atom stereocenters. The first kappa shape index (κ1) is 16.2. The number of carbonyl (C=O) groups is 1. The lowest BCUT2D eigenvalue weighted by atomic mass is 10.4. The van der Waals surface area contributed by atoms with Gasteiger partial charge in [0, 0.05) is 6.07 Å². The van der Waals surface area contributed by atoms with Crippen LogP contribution in [0.2, 0.25) is 0 Å². The van der Waals surface area contributed by atoms with Crippen LogP contribution in [0.1, 0.15) is 5.76 Å². The van der Waals surface area contributed by atoms with Gasteiger partial charge in [0.1, 0.15) is 11.1 Å². The van der Waals surface area contributed by atoms with Crippen molar-refractivity contribution in [2.24, 2.45) is 0 Å². The van der Waals surface area contributed by atoms with Crippen molar-refractivity contribution < 1.29 is 14.4 Å². The van der Waals surface area contributed by atoms with Crippen LogP contribution in [0.3, 0.4) is 0 Å². The molecule has 0 aromatic carbocycles. The Morgan fingerprint density at radius 2 is 2.38 bits per heavy atom. The lowest BCUT2D eigenvalue weighted by Gasteiger charge is -2.03. The molecule has 0 spiro atoms. The maximum absolute atomic E-state index is 12.0. The Morgan fingerprint density at radius 3 is 3.08 bits per heavy atom. The Morgan fingerprint density at radius 1 is 1.54 bits per heavy atom. The van der Waals surface area contributed by atoms with E-state index in [4.69, 9.17) is 9.63 Å². The zero-order valence-corrected chi connectivity index (χ0v) is 13.5. The molecule has 0 saturated carbocycles. The SMILES string of the molecule is Cc1cc(NC(=O)CSc2nc3c(cnn3CCO)c(=O)[nH]2)no1. The molecule has 0 fully saturated rings. The summed E-state index contributed by atoms with van der Waals surface area (Å²) < 4.78 is 6.30. The van der Waals surface area contributed by atoms with Gasteiger partial charge >= 0.3 is 0 Å². The quantitative estimate of drug-likeness (QED) is 0.421. The predicted molar refractivity (Wildman–Crippen MR) is 85.8 cm³/mol. The standard InChI is InChI=1S/C13H14N6O4S/c1-7-4-9(18-23-7)15-10(21)6-24-13-16-11-8(12(22)17-13)5-14-19(11)2-3-20/h4-5,20H,2-3,6H2,1H3,(H,15,18,21)(H,16,17,22). The summed E-state index contributed by atoms with van der Waals surface area (Å²) in [5.41, 5.74) is 0.0158. The number of aliphatic hydroxyl groups is 1. The van der Waals surface area contributed by atoms with Gasteiger partial charge in [-0.05, 0) is 6.92 Å². The number of thioether (sulfide) groups is 1. The monoisotopic (exact) mass is 350 g/mol. The van der Waals surface area contributed by atoms with Crippen LogP contribution in [0.5, 0.6) is 0 Å².